The molecule has 0 bridgehead atoms. The normalized spacial score (nSPS) is 14.6. The van der Waals surface area contributed by atoms with Crippen LogP contribution in [0.25, 0.3) is 0 Å². The monoisotopic (exact) mass is 270 g/mol. The predicted octanol–water partition coefficient (Wildman–Crippen LogP) is 1.53. The maximum Gasteiger partial charge on any atom is 0.434 e. The molecular weight excluding hydrogens is 261 g/mol. The third kappa shape index (κ3) is 4.27. The number of alkyl halides is 3. The minimum Gasteiger partial charge on any atom is -0.261 e. The summed E-state index contributed by atoms with van der Waals surface area (Å²) < 4.78 is 63.0. The van der Waals surface area contributed by atoms with Gasteiger partial charge in [0.05, 0.1) is 24.3 Å². The molecule has 1 rings (SSSR count). The molecule has 0 aromatic carbocycles. The molecular formula is C8H9F3N2O3S. The van der Waals surface area contributed by atoms with Crippen molar-refractivity contribution in [3.05, 3.63) is 23.8 Å². The Morgan fingerprint density at radius 3 is 2.41 bits per heavy atom. The third-order valence-electron chi connectivity index (χ3n) is 1.68. The zero-order valence-corrected chi connectivity index (χ0v) is 9.71. The largest absolute Gasteiger partial charge is 0.434 e. The lowest BCUT2D eigenvalue weighted by atomic mass is 10.3. The summed E-state index contributed by atoms with van der Waals surface area (Å²) in [7, 11) is -3.77. The van der Waals surface area contributed by atoms with Crippen LogP contribution in [-0.2, 0) is 20.5 Å². The van der Waals surface area contributed by atoms with E-state index in [4.69, 9.17) is 0 Å². The van der Waals surface area contributed by atoms with Gasteiger partial charge in [-0.3, -0.25) is 9.17 Å². The maximum absolute atomic E-state index is 12.3. The summed E-state index contributed by atoms with van der Waals surface area (Å²) in [5.41, 5.74) is -1.40. The average molecular weight is 270 g/mol. The second kappa shape index (κ2) is 4.57. The van der Waals surface area contributed by atoms with Crippen molar-refractivity contribution in [2.75, 3.05) is 6.26 Å². The molecule has 0 radical (unpaired) electrons. The van der Waals surface area contributed by atoms with Crippen LogP contribution in [-0.4, -0.2) is 24.6 Å². The SMILES string of the molecule is CC(OS(C)(=O)=O)c1cncc(C(F)(F)F)n1. The first-order valence-corrected chi connectivity index (χ1v) is 6.18. The van der Waals surface area contributed by atoms with Crippen molar-refractivity contribution in [3.8, 4) is 0 Å². The Kier molecular flexibility index (Phi) is 3.72. The molecule has 96 valence electrons. The first-order valence-electron chi connectivity index (χ1n) is 4.37. The van der Waals surface area contributed by atoms with Crippen LogP contribution in [0.5, 0.6) is 0 Å². The fourth-order valence-corrected chi connectivity index (χ4v) is 1.65. The lowest BCUT2D eigenvalue weighted by Gasteiger charge is -2.12. The molecule has 17 heavy (non-hydrogen) atoms. The Hall–Kier alpha value is -1.22. The number of halogens is 3. The summed E-state index contributed by atoms with van der Waals surface area (Å²) >= 11 is 0. The van der Waals surface area contributed by atoms with E-state index >= 15 is 0 Å². The molecule has 0 aliphatic heterocycles. The molecule has 0 aliphatic rings. The number of hydrogen-bond acceptors (Lipinski definition) is 5. The van der Waals surface area contributed by atoms with Gasteiger partial charge in [0.25, 0.3) is 10.1 Å². The van der Waals surface area contributed by atoms with Gasteiger partial charge in [-0.05, 0) is 6.92 Å². The van der Waals surface area contributed by atoms with E-state index in [9.17, 15) is 21.6 Å². The van der Waals surface area contributed by atoms with Gasteiger partial charge in [-0.1, -0.05) is 0 Å². The van der Waals surface area contributed by atoms with E-state index in [0.717, 1.165) is 12.5 Å². The van der Waals surface area contributed by atoms with Gasteiger partial charge in [-0.15, -0.1) is 0 Å². The maximum atomic E-state index is 12.3. The van der Waals surface area contributed by atoms with Crippen LogP contribution in [0.2, 0.25) is 0 Å². The van der Waals surface area contributed by atoms with Crippen molar-refractivity contribution < 1.29 is 25.8 Å². The van der Waals surface area contributed by atoms with Crippen molar-refractivity contribution in [1.29, 1.82) is 0 Å². The summed E-state index contributed by atoms with van der Waals surface area (Å²) in [6.07, 6.45) is -3.39. The van der Waals surface area contributed by atoms with Gasteiger partial charge < -0.3 is 0 Å². The van der Waals surface area contributed by atoms with Crippen molar-refractivity contribution in [3.63, 3.8) is 0 Å². The van der Waals surface area contributed by atoms with E-state index in [1.807, 2.05) is 0 Å². The van der Waals surface area contributed by atoms with Gasteiger partial charge >= 0.3 is 6.18 Å². The van der Waals surface area contributed by atoms with Crippen LogP contribution in [0.1, 0.15) is 24.4 Å². The summed E-state index contributed by atoms with van der Waals surface area (Å²) in [6, 6.07) is 0. The zero-order valence-electron chi connectivity index (χ0n) is 8.89. The summed E-state index contributed by atoms with van der Waals surface area (Å²) in [6.45, 7) is 1.27. The van der Waals surface area contributed by atoms with E-state index in [0.29, 0.717) is 6.20 Å². The molecule has 9 heteroatoms. The second-order valence-electron chi connectivity index (χ2n) is 3.27. The highest BCUT2D eigenvalue weighted by molar-refractivity contribution is 7.86. The van der Waals surface area contributed by atoms with Crippen molar-refractivity contribution >= 4 is 10.1 Å². The van der Waals surface area contributed by atoms with Crippen LogP contribution in [0.3, 0.4) is 0 Å². The molecule has 0 N–H and O–H groups in total. The Balaban J connectivity index is 3.00. The second-order valence-corrected chi connectivity index (χ2v) is 4.87. The van der Waals surface area contributed by atoms with Gasteiger partial charge in [-0.25, -0.2) is 4.98 Å². The topological polar surface area (TPSA) is 69.2 Å². The first kappa shape index (κ1) is 13.8. The van der Waals surface area contributed by atoms with Crippen LogP contribution < -0.4 is 0 Å². The lowest BCUT2D eigenvalue weighted by Crippen LogP contribution is -2.14. The van der Waals surface area contributed by atoms with Crippen LogP contribution in [0, 0.1) is 0 Å². The highest BCUT2D eigenvalue weighted by Crippen LogP contribution is 2.28. The molecule has 1 aromatic rings. The molecule has 0 saturated heterocycles. The summed E-state index contributed by atoms with van der Waals surface area (Å²) in [5.74, 6) is 0. The molecule has 1 aromatic heterocycles. The zero-order chi connectivity index (χ0) is 13.3. The molecule has 0 saturated carbocycles. The predicted molar refractivity (Wildman–Crippen MR) is 51.4 cm³/mol. The van der Waals surface area contributed by atoms with Crippen molar-refractivity contribution in [2.45, 2.75) is 19.2 Å². The van der Waals surface area contributed by atoms with Gasteiger partial charge in [0.15, 0.2) is 5.69 Å². The molecule has 0 aliphatic carbocycles. The molecule has 5 nitrogen and oxygen atoms in total. The molecule has 0 spiro atoms. The highest BCUT2D eigenvalue weighted by Gasteiger charge is 2.33. The van der Waals surface area contributed by atoms with Crippen molar-refractivity contribution in [1.82, 2.24) is 9.97 Å². The van der Waals surface area contributed by atoms with Crippen LogP contribution >= 0.6 is 0 Å². The van der Waals surface area contributed by atoms with Gasteiger partial charge in [0.1, 0.15) is 6.10 Å². The fraction of sp³-hybridized carbons (Fsp3) is 0.500. The van der Waals surface area contributed by atoms with E-state index in [2.05, 4.69) is 14.2 Å². The van der Waals surface area contributed by atoms with E-state index in [1.54, 1.807) is 0 Å². The molecule has 1 unspecified atom stereocenters. The number of nitrogens with zero attached hydrogens (tertiary/aromatic N) is 2. The standard InChI is InChI=1S/C8H9F3N2O3S/c1-5(16-17(2,14)15)6-3-12-4-7(13-6)8(9,10)11/h3-5H,1-2H3. The minimum atomic E-state index is -4.63. The molecule has 0 fully saturated rings. The van der Waals surface area contributed by atoms with Gasteiger partial charge in [-0.2, -0.15) is 21.6 Å². The van der Waals surface area contributed by atoms with Crippen LogP contribution in [0.15, 0.2) is 12.4 Å². The quantitative estimate of drug-likeness (QED) is 0.779. The lowest BCUT2D eigenvalue weighted by molar-refractivity contribution is -0.141. The van der Waals surface area contributed by atoms with E-state index < -0.39 is 28.1 Å². The average Bonchev–Trinajstić information content (AvgIpc) is 2.14. The number of rotatable bonds is 3. The number of hydrogen-bond donors (Lipinski definition) is 0. The van der Waals surface area contributed by atoms with E-state index in [-0.39, 0.29) is 5.69 Å². The Labute approximate surface area is 95.8 Å². The molecule has 1 atom stereocenters. The number of aromatic nitrogens is 2. The molecule has 0 amide bonds. The Morgan fingerprint density at radius 2 is 1.94 bits per heavy atom. The van der Waals surface area contributed by atoms with Gasteiger partial charge in [0.2, 0.25) is 0 Å². The Bertz CT molecular complexity index is 501. The van der Waals surface area contributed by atoms with Gasteiger partial charge in [0, 0.05) is 0 Å². The summed E-state index contributed by atoms with van der Waals surface area (Å²) in [4.78, 5) is 6.60. The highest BCUT2D eigenvalue weighted by atomic mass is 32.2. The summed E-state index contributed by atoms with van der Waals surface area (Å²) in [5, 5.41) is 0. The smallest absolute Gasteiger partial charge is 0.261 e. The van der Waals surface area contributed by atoms with E-state index in [1.165, 1.54) is 6.92 Å². The van der Waals surface area contributed by atoms with Crippen LogP contribution in [0.4, 0.5) is 13.2 Å². The third-order valence-corrected chi connectivity index (χ3v) is 2.32. The minimum absolute atomic E-state index is 0.203. The first-order chi connectivity index (χ1) is 7.59. The Morgan fingerprint density at radius 1 is 1.35 bits per heavy atom. The van der Waals surface area contributed by atoms with Crippen molar-refractivity contribution in [2.24, 2.45) is 0 Å². The molecule has 1 heterocycles. The fourth-order valence-electron chi connectivity index (χ4n) is 1.02.